The Kier molecular flexibility index (Phi) is 9.73. The first-order valence-electron chi connectivity index (χ1n) is 10.3. The van der Waals surface area contributed by atoms with Gasteiger partial charge in [0.1, 0.15) is 19.3 Å². The molecule has 0 unspecified atom stereocenters. The summed E-state index contributed by atoms with van der Waals surface area (Å²) in [7, 11) is 4.04. The van der Waals surface area contributed by atoms with Crippen molar-refractivity contribution in [1.82, 2.24) is 0 Å². The highest BCUT2D eigenvalue weighted by Gasteiger charge is 2.23. The van der Waals surface area contributed by atoms with Gasteiger partial charge in [0.25, 0.3) is 0 Å². The number of carbonyl (C=O) groups excluding carboxylic acids is 1. The van der Waals surface area contributed by atoms with Crippen molar-refractivity contribution in [3.63, 3.8) is 0 Å². The fraction of sp³-hybridized carbons (Fsp3) is 0.269. The number of esters is 1. The van der Waals surface area contributed by atoms with Crippen LogP contribution in [0, 0.1) is 0 Å². The third kappa shape index (κ3) is 8.18. The number of ether oxygens (including phenoxy) is 2. The molecule has 0 radical (unpaired) electrons. The van der Waals surface area contributed by atoms with E-state index in [2.05, 4.69) is 24.3 Å². The first kappa shape index (κ1) is 24.6. The number of carbonyl (C=O) groups is 1. The maximum Gasteiger partial charge on any atom is 0.362 e. The molecule has 0 bridgehead atoms. The maximum absolute atomic E-state index is 12.3. The van der Waals surface area contributed by atoms with Crippen LogP contribution in [-0.4, -0.2) is 44.2 Å². The summed E-state index contributed by atoms with van der Waals surface area (Å²) < 4.78 is 12.2. The molecule has 0 spiro atoms. The molecule has 0 aromatic heterocycles. The number of halogens is 1. The van der Waals surface area contributed by atoms with E-state index >= 15 is 0 Å². The van der Waals surface area contributed by atoms with Crippen LogP contribution in [0.4, 0.5) is 0 Å². The smallest absolute Gasteiger partial charge is 0.362 e. The van der Waals surface area contributed by atoms with Crippen LogP contribution in [0.5, 0.6) is 0 Å². The number of hydrogen-bond donors (Lipinski definition) is 0. The van der Waals surface area contributed by atoms with Crippen LogP contribution in [0.3, 0.4) is 0 Å². The fourth-order valence-electron chi connectivity index (χ4n) is 3.27. The van der Waals surface area contributed by atoms with Crippen molar-refractivity contribution < 1.29 is 31.2 Å². The zero-order valence-corrected chi connectivity index (χ0v) is 18.9. The molecule has 0 aliphatic rings. The number of hydrogen-bond acceptors (Lipinski definition) is 3. The van der Waals surface area contributed by atoms with Gasteiger partial charge in [0.2, 0.25) is 0 Å². The lowest BCUT2D eigenvalue weighted by molar-refractivity contribution is -0.883. The van der Waals surface area contributed by atoms with Crippen molar-refractivity contribution in [2.24, 2.45) is 0 Å². The minimum absolute atomic E-state index is 0. The van der Waals surface area contributed by atoms with E-state index in [0.717, 1.165) is 16.7 Å². The second kappa shape index (κ2) is 12.3. The Morgan fingerprint density at radius 1 is 0.806 bits per heavy atom. The fourth-order valence-corrected chi connectivity index (χ4v) is 3.27. The van der Waals surface area contributed by atoms with E-state index in [9.17, 15) is 4.79 Å². The minimum Gasteiger partial charge on any atom is -1.00 e. The van der Waals surface area contributed by atoms with Crippen LogP contribution in [0.25, 0.3) is 0 Å². The van der Waals surface area contributed by atoms with Crippen molar-refractivity contribution in [3.05, 3.63) is 108 Å². The summed E-state index contributed by atoms with van der Waals surface area (Å²) >= 11 is 0. The van der Waals surface area contributed by atoms with Crippen LogP contribution in [0.1, 0.15) is 22.8 Å². The molecule has 164 valence electrons. The van der Waals surface area contributed by atoms with Crippen LogP contribution in [0.15, 0.2) is 91.0 Å². The molecule has 3 aromatic rings. The standard InChI is InChI=1S/C26H30NO3.ClH/c1-27(2,20-25(28)30-21-22-12-6-3-7-13-22)18-19-29-26(23-14-8-4-9-15-23)24-16-10-5-11-17-24;/h3-17,26H,18-21H2,1-2H3;1H/q+1;/p-1. The van der Waals surface area contributed by atoms with E-state index in [0.29, 0.717) is 30.8 Å². The molecule has 4 nitrogen and oxygen atoms in total. The van der Waals surface area contributed by atoms with E-state index in [1.165, 1.54) is 0 Å². The van der Waals surface area contributed by atoms with E-state index < -0.39 is 0 Å². The topological polar surface area (TPSA) is 35.5 Å². The normalized spacial score (nSPS) is 11.1. The van der Waals surface area contributed by atoms with Crippen LogP contribution >= 0.6 is 0 Å². The van der Waals surface area contributed by atoms with Gasteiger partial charge >= 0.3 is 5.97 Å². The quantitative estimate of drug-likeness (QED) is 0.356. The molecule has 3 aromatic carbocycles. The molecule has 31 heavy (non-hydrogen) atoms. The van der Waals surface area contributed by atoms with E-state index in [-0.39, 0.29) is 24.5 Å². The average molecular weight is 440 g/mol. The lowest BCUT2D eigenvalue weighted by Crippen LogP contribution is -3.00. The highest BCUT2D eigenvalue weighted by atomic mass is 35.5. The summed E-state index contributed by atoms with van der Waals surface area (Å²) in [6.45, 7) is 1.85. The largest absolute Gasteiger partial charge is 1.00 e. The van der Waals surface area contributed by atoms with Gasteiger partial charge in [-0.25, -0.2) is 4.79 Å². The predicted octanol–water partition coefficient (Wildman–Crippen LogP) is 1.62. The van der Waals surface area contributed by atoms with E-state index in [1.807, 2.05) is 80.8 Å². The Morgan fingerprint density at radius 3 is 1.81 bits per heavy atom. The Labute approximate surface area is 191 Å². The summed E-state index contributed by atoms with van der Waals surface area (Å²) in [6, 6.07) is 30.2. The molecule has 0 saturated carbocycles. The van der Waals surface area contributed by atoms with Gasteiger partial charge in [-0.2, -0.15) is 0 Å². The SMILES string of the molecule is C[N+](C)(CCOC(c1ccccc1)c1ccccc1)CC(=O)OCc1ccccc1.[Cl-]. The highest BCUT2D eigenvalue weighted by Crippen LogP contribution is 2.25. The molecule has 0 N–H and O–H groups in total. The van der Waals surface area contributed by atoms with Gasteiger partial charge in [0, 0.05) is 0 Å². The number of nitrogens with zero attached hydrogens (tertiary/aromatic N) is 1. The molecule has 0 amide bonds. The van der Waals surface area contributed by atoms with E-state index in [4.69, 9.17) is 9.47 Å². The van der Waals surface area contributed by atoms with Gasteiger partial charge in [0.05, 0.1) is 20.7 Å². The van der Waals surface area contributed by atoms with Gasteiger partial charge in [-0.1, -0.05) is 91.0 Å². The second-order valence-corrected chi connectivity index (χ2v) is 8.04. The lowest BCUT2D eigenvalue weighted by Gasteiger charge is -2.29. The Hall–Kier alpha value is -2.66. The number of quaternary nitrogens is 1. The molecule has 0 saturated heterocycles. The third-order valence-corrected chi connectivity index (χ3v) is 4.99. The molecule has 0 atom stereocenters. The molecule has 0 fully saturated rings. The van der Waals surface area contributed by atoms with Crippen molar-refractivity contribution >= 4 is 5.97 Å². The third-order valence-electron chi connectivity index (χ3n) is 4.99. The van der Waals surface area contributed by atoms with E-state index in [1.54, 1.807) is 0 Å². The first-order valence-corrected chi connectivity index (χ1v) is 10.3. The average Bonchev–Trinajstić information content (AvgIpc) is 2.77. The molecular weight excluding hydrogens is 410 g/mol. The highest BCUT2D eigenvalue weighted by molar-refractivity contribution is 5.70. The Balaban J connectivity index is 0.00000341. The predicted molar refractivity (Wildman–Crippen MR) is 119 cm³/mol. The lowest BCUT2D eigenvalue weighted by atomic mass is 10.0. The van der Waals surface area contributed by atoms with Gasteiger partial charge in [-0.15, -0.1) is 0 Å². The summed E-state index contributed by atoms with van der Waals surface area (Å²) in [5.74, 6) is -0.202. The number of rotatable bonds is 10. The van der Waals surface area contributed by atoms with Crippen molar-refractivity contribution in [1.29, 1.82) is 0 Å². The van der Waals surface area contributed by atoms with Crippen LogP contribution in [-0.2, 0) is 20.9 Å². The molecule has 0 aliphatic carbocycles. The van der Waals surface area contributed by atoms with Gasteiger partial charge < -0.3 is 26.4 Å². The van der Waals surface area contributed by atoms with Crippen molar-refractivity contribution in [2.45, 2.75) is 12.7 Å². The monoisotopic (exact) mass is 439 g/mol. The number of benzene rings is 3. The first-order chi connectivity index (χ1) is 14.5. The Morgan fingerprint density at radius 2 is 1.29 bits per heavy atom. The summed E-state index contributed by atoms with van der Waals surface area (Å²) in [4.78, 5) is 12.3. The number of likely N-dealkylation sites (N-methyl/N-ethyl adjacent to an activating group) is 1. The van der Waals surface area contributed by atoms with Gasteiger partial charge in [-0.3, -0.25) is 0 Å². The second-order valence-electron chi connectivity index (χ2n) is 8.04. The summed E-state index contributed by atoms with van der Waals surface area (Å²) in [5, 5.41) is 0. The van der Waals surface area contributed by atoms with Gasteiger partial charge in [-0.05, 0) is 16.7 Å². The minimum atomic E-state index is -0.202. The molecule has 5 heteroatoms. The zero-order valence-electron chi connectivity index (χ0n) is 18.1. The molecule has 0 heterocycles. The molecule has 3 rings (SSSR count). The summed E-state index contributed by atoms with van der Waals surface area (Å²) in [5.41, 5.74) is 3.24. The van der Waals surface area contributed by atoms with Gasteiger partial charge in [0.15, 0.2) is 6.54 Å². The van der Waals surface area contributed by atoms with Crippen LogP contribution in [0.2, 0.25) is 0 Å². The van der Waals surface area contributed by atoms with Crippen molar-refractivity contribution in [3.8, 4) is 0 Å². The molecule has 0 aliphatic heterocycles. The van der Waals surface area contributed by atoms with Crippen molar-refractivity contribution in [2.75, 3.05) is 33.8 Å². The van der Waals surface area contributed by atoms with Crippen LogP contribution < -0.4 is 12.4 Å². The Bertz CT molecular complexity index is 862. The molecular formula is C26H30ClNO3. The summed E-state index contributed by atoms with van der Waals surface area (Å²) in [6.07, 6.45) is -0.127. The maximum atomic E-state index is 12.3. The zero-order chi connectivity index (χ0) is 21.2.